The molecule has 0 radical (unpaired) electrons. The maximum Gasteiger partial charge on any atom is 0.254 e. The first kappa shape index (κ1) is 19.7. The Morgan fingerprint density at radius 3 is 2.69 bits per heavy atom. The Hall–Kier alpha value is -2.58. The number of benzene rings is 1. The highest BCUT2D eigenvalue weighted by Gasteiger charge is 2.21. The normalized spacial score (nSPS) is 16.8. The van der Waals surface area contributed by atoms with E-state index in [1.54, 1.807) is 36.4 Å². The number of carbonyl (C=O) groups excluding carboxylic acids is 1. The lowest BCUT2D eigenvalue weighted by Gasteiger charge is -2.27. The van der Waals surface area contributed by atoms with E-state index in [9.17, 15) is 4.79 Å². The van der Waals surface area contributed by atoms with E-state index in [1.807, 2.05) is 0 Å². The lowest BCUT2D eigenvalue weighted by molar-refractivity contribution is 0.0302. The zero-order valence-corrected chi connectivity index (χ0v) is 17.1. The number of ether oxygens (including phenoxy) is 2. The Bertz CT molecular complexity index is 882. The number of amides is 1. The van der Waals surface area contributed by atoms with Crippen molar-refractivity contribution in [3.8, 4) is 5.75 Å². The number of hydrogen-bond acceptors (Lipinski definition) is 7. The highest BCUT2D eigenvalue weighted by atomic mass is 35.5. The van der Waals surface area contributed by atoms with Gasteiger partial charge in [0.1, 0.15) is 10.8 Å². The molecule has 2 aromatic rings. The number of methoxy groups -OCH3 is 1. The average molecular weight is 418 g/mol. The molecule has 2 fully saturated rings. The second kappa shape index (κ2) is 8.84. The first-order chi connectivity index (χ1) is 14.2. The van der Waals surface area contributed by atoms with Crippen molar-refractivity contribution in [2.45, 2.75) is 12.8 Å². The van der Waals surface area contributed by atoms with Crippen LogP contribution in [0.2, 0.25) is 5.02 Å². The predicted octanol–water partition coefficient (Wildman–Crippen LogP) is 2.95. The smallest absolute Gasteiger partial charge is 0.254 e. The van der Waals surface area contributed by atoms with Crippen molar-refractivity contribution in [2.24, 2.45) is 0 Å². The fourth-order valence-corrected chi connectivity index (χ4v) is 3.78. The monoisotopic (exact) mass is 417 g/mol. The van der Waals surface area contributed by atoms with Crippen molar-refractivity contribution in [3.63, 3.8) is 0 Å². The highest BCUT2D eigenvalue weighted by molar-refractivity contribution is 6.32. The van der Waals surface area contributed by atoms with Crippen molar-refractivity contribution in [2.75, 3.05) is 56.7 Å². The summed E-state index contributed by atoms with van der Waals surface area (Å²) >= 11 is 6.30. The summed E-state index contributed by atoms with van der Waals surface area (Å²) in [5.41, 5.74) is 1.25. The summed E-state index contributed by atoms with van der Waals surface area (Å²) in [7, 11) is 1.57. The molecule has 2 saturated heterocycles. The molecule has 1 aromatic carbocycles. The minimum atomic E-state index is -0.0304. The molecule has 0 aliphatic carbocycles. The van der Waals surface area contributed by atoms with E-state index in [-0.39, 0.29) is 5.91 Å². The van der Waals surface area contributed by atoms with Crippen LogP contribution in [0.1, 0.15) is 23.2 Å². The second-order valence-corrected chi connectivity index (χ2v) is 7.41. The molecule has 0 saturated carbocycles. The summed E-state index contributed by atoms with van der Waals surface area (Å²) < 4.78 is 10.8. The summed E-state index contributed by atoms with van der Waals surface area (Å²) in [6.45, 7) is 4.21. The fraction of sp³-hybridized carbons (Fsp3) is 0.450. The molecule has 0 bridgehead atoms. The van der Waals surface area contributed by atoms with Gasteiger partial charge in [-0.3, -0.25) is 4.79 Å². The molecular weight excluding hydrogens is 394 g/mol. The summed E-state index contributed by atoms with van der Waals surface area (Å²) in [5.74, 6) is 1.68. The van der Waals surface area contributed by atoms with E-state index in [4.69, 9.17) is 21.1 Å². The molecule has 29 heavy (non-hydrogen) atoms. The second-order valence-electron chi connectivity index (χ2n) is 7.00. The van der Waals surface area contributed by atoms with Gasteiger partial charge < -0.3 is 24.6 Å². The lowest BCUT2D eigenvalue weighted by Crippen LogP contribution is -2.40. The number of hydrogen-bond donors (Lipinski definition) is 1. The minimum absolute atomic E-state index is 0.0304. The molecule has 8 nitrogen and oxygen atoms in total. The van der Waals surface area contributed by atoms with Crippen LogP contribution in [-0.2, 0) is 4.74 Å². The van der Waals surface area contributed by atoms with Gasteiger partial charge in [0.05, 0.1) is 32.2 Å². The summed E-state index contributed by atoms with van der Waals surface area (Å²) in [6.07, 6.45) is 3.87. The van der Waals surface area contributed by atoms with Crippen molar-refractivity contribution in [1.29, 1.82) is 0 Å². The number of morpholine rings is 1. The van der Waals surface area contributed by atoms with Crippen molar-refractivity contribution >= 4 is 35.0 Å². The van der Waals surface area contributed by atoms with Gasteiger partial charge in [-0.1, -0.05) is 11.6 Å². The number of rotatable bonds is 5. The molecular formula is C20H24ClN5O3. The van der Waals surface area contributed by atoms with E-state index in [0.29, 0.717) is 54.3 Å². The van der Waals surface area contributed by atoms with Crippen LogP contribution < -0.4 is 15.0 Å². The van der Waals surface area contributed by atoms with Crippen molar-refractivity contribution < 1.29 is 14.3 Å². The van der Waals surface area contributed by atoms with E-state index in [1.165, 1.54) is 0 Å². The standard InChI is InChI=1S/C20H24ClN5O3/c1-28-17-12-14(19(27)26-8-10-29-11-9-26)4-5-16(17)23-20-22-13-15(21)18(24-20)25-6-2-3-7-25/h4-5,12-13H,2-3,6-11H2,1H3,(H,22,23,24). The van der Waals surface area contributed by atoms with Crippen molar-refractivity contribution in [3.05, 3.63) is 35.0 Å². The Morgan fingerprint density at radius 1 is 1.21 bits per heavy atom. The molecule has 2 aliphatic rings. The average Bonchev–Trinajstić information content (AvgIpc) is 3.30. The molecule has 0 unspecified atom stereocenters. The van der Waals surface area contributed by atoms with Gasteiger partial charge in [0, 0.05) is 31.7 Å². The van der Waals surface area contributed by atoms with E-state index in [0.717, 1.165) is 31.7 Å². The first-order valence-corrected chi connectivity index (χ1v) is 10.1. The van der Waals surface area contributed by atoms with Gasteiger partial charge in [0.15, 0.2) is 5.82 Å². The zero-order chi connectivity index (χ0) is 20.2. The van der Waals surface area contributed by atoms with Crippen molar-refractivity contribution in [1.82, 2.24) is 14.9 Å². The Kier molecular flexibility index (Phi) is 6.01. The number of anilines is 3. The van der Waals surface area contributed by atoms with Gasteiger partial charge in [0.25, 0.3) is 5.91 Å². The van der Waals surface area contributed by atoms with Gasteiger partial charge in [-0.25, -0.2) is 4.98 Å². The van der Waals surface area contributed by atoms with Crippen LogP contribution in [0.25, 0.3) is 0 Å². The third-order valence-corrected chi connectivity index (χ3v) is 5.39. The van der Waals surface area contributed by atoms with Gasteiger partial charge in [-0.2, -0.15) is 4.98 Å². The molecule has 154 valence electrons. The van der Waals surface area contributed by atoms with Crippen LogP contribution in [0.15, 0.2) is 24.4 Å². The number of carbonyl (C=O) groups is 1. The summed E-state index contributed by atoms with van der Waals surface area (Å²) in [6, 6.07) is 5.32. The Balaban J connectivity index is 1.54. The van der Waals surface area contributed by atoms with E-state index in [2.05, 4.69) is 20.2 Å². The first-order valence-electron chi connectivity index (χ1n) is 9.75. The number of nitrogens with zero attached hydrogens (tertiary/aromatic N) is 4. The topological polar surface area (TPSA) is 79.8 Å². The minimum Gasteiger partial charge on any atom is -0.495 e. The van der Waals surface area contributed by atoms with Crippen LogP contribution in [0, 0.1) is 0 Å². The summed E-state index contributed by atoms with van der Waals surface area (Å²) in [5, 5.41) is 3.72. The summed E-state index contributed by atoms with van der Waals surface area (Å²) in [4.78, 5) is 25.5. The molecule has 0 spiro atoms. The Morgan fingerprint density at radius 2 is 1.97 bits per heavy atom. The quantitative estimate of drug-likeness (QED) is 0.801. The number of aromatic nitrogens is 2. The van der Waals surface area contributed by atoms with Crippen LogP contribution >= 0.6 is 11.6 Å². The van der Waals surface area contributed by atoms with Gasteiger partial charge in [-0.15, -0.1) is 0 Å². The molecule has 1 aromatic heterocycles. The van der Waals surface area contributed by atoms with Gasteiger partial charge in [0.2, 0.25) is 5.95 Å². The third-order valence-electron chi connectivity index (χ3n) is 5.12. The van der Waals surface area contributed by atoms with E-state index >= 15 is 0 Å². The van der Waals surface area contributed by atoms with Crippen LogP contribution in [-0.4, -0.2) is 67.3 Å². The SMILES string of the molecule is COc1cc(C(=O)N2CCOCC2)ccc1Nc1ncc(Cl)c(N2CCCC2)n1. The highest BCUT2D eigenvalue weighted by Crippen LogP contribution is 2.31. The van der Waals surface area contributed by atoms with Crippen LogP contribution in [0.3, 0.4) is 0 Å². The van der Waals surface area contributed by atoms with Crippen LogP contribution in [0.4, 0.5) is 17.5 Å². The predicted molar refractivity (Wildman–Crippen MR) is 111 cm³/mol. The molecule has 2 aliphatic heterocycles. The Labute approximate surface area is 174 Å². The maximum atomic E-state index is 12.7. The van der Waals surface area contributed by atoms with Gasteiger partial charge in [-0.05, 0) is 31.0 Å². The molecule has 3 heterocycles. The van der Waals surface area contributed by atoms with E-state index < -0.39 is 0 Å². The zero-order valence-electron chi connectivity index (χ0n) is 16.4. The number of halogens is 1. The molecule has 0 atom stereocenters. The van der Waals surface area contributed by atoms with Crippen LogP contribution in [0.5, 0.6) is 5.75 Å². The molecule has 4 rings (SSSR count). The molecule has 1 amide bonds. The van der Waals surface area contributed by atoms with Gasteiger partial charge >= 0.3 is 0 Å². The molecule has 1 N–H and O–H groups in total. The molecule has 9 heteroatoms. The number of nitrogens with one attached hydrogen (secondary N) is 1. The fourth-order valence-electron chi connectivity index (χ4n) is 3.57. The third kappa shape index (κ3) is 4.38. The maximum absolute atomic E-state index is 12.7. The lowest BCUT2D eigenvalue weighted by atomic mass is 10.1. The largest absolute Gasteiger partial charge is 0.495 e.